The zero-order valence-corrected chi connectivity index (χ0v) is 8.71. The third-order valence-electron chi connectivity index (χ3n) is 2.02. The quantitative estimate of drug-likeness (QED) is 0.726. The van der Waals surface area contributed by atoms with E-state index in [1.54, 1.807) is 6.07 Å². The number of halogens is 3. The summed E-state index contributed by atoms with van der Waals surface area (Å²) in [5.74, 6) is 0.0137. The van der Waals surface area contributed by atoms with Crippen molar-refractivity contribution in [2.24, 2.45) is 0 Å². The first-order valence-corrected chi connectivity index (χ1v) is 4.79. The van der Waals surface area contributed by atoms with E-state index in [1.807, 2.05) is 6.07 Å². The minimum atomic E-state index is 0.0137. The molecule has 0 radical (unpaired) electrons. The maximum Gasteiger partial charge on any atom is 0.143 e. The molecule has 0 heterocycles. The van der Waals surface area contributed by atoms with E-state index in [2.05, 4.69) is 0 Å². The maximum absolute atomic E-state index is 9.60. The molecule has 1 nitrogen and oxygen atoms in total. The van der Waals surface area contributed by atoms with Crippen LogP contribution >= 0.6 is 34.8 Å². The third kappa shape index (κ3) is 1.32. The van der Waals surface area contributed by atoms with Crippen LogP contribution in [0.1, 0.15) is 11.1 Å². The Morgan fingerprint density at radius 3 is 2.54 bits per heavy atom. The number of phenols is 1. The van der Waals surface area contributed by atoms with Gasteiger partial charge in [0.2, 0.25) is 0 Å². The number of hydrogen-bond donors (Lipinski definition) is 1. The highest BCUT2D eigenvalue weighted by Gasteiger charge is 2.23. The molecule has 0 saturated carbocycles. The van der Waals surface area contributed by atoms with E-state index in [9.17, 15) is 5.11 Å². The Bertz CT molecular complexity index is 410. The monoisotopic (exact) mass is 234 g/mol. The van der Waals surface area contributed by atoms with Gasteiger partial charge in [-0.1, -0.05) is 40.9 Å². The van der Waals surface area contributed by atoms with Crippen LogP contribution in [0.3, 0.4) is 0 Å². The van der Waals surface area contributed by atoms with Crippen molar-refractivity contribution in [3.63, 3.8) is 0 Å². The lowest BCUT2D eigenvalue weighted by atomic mass is 10.1. The third-order valence-corrected chi connectivity index (χ3v) is 3.16. The van der Waals surface area contributed by atoms with E-state index in [0.717, 1.165) is 5.56 Å². The van der Waals surface area contributed by atoms with Crippen LogP contribution in [0.5, 0.6) is 5.75 Å². The molecule has 1 aliphatic rings. The summed E-state index contributed by atoms with van der Waals surface area (Å²) in [4.78, 5) is 0. The summed E-state index contributed by atoms with van der Waals surface area (Å²) in [5.41, 5.74) is 1.48. The Hall–Kier alpha value is -0.370. The van der Waals surface area contributed by atoms with Gasteiger partial charge in [0.1, 0.15) is 5.75 Å². The molecule has 0 aromatic heterocycles. The van der Waals surface area contributed by atoms with Crippen molar-refractivity contribution in [2.75, 3.05) is 0 Å². The van der Waals surface area contributed by atoms with Crippen LogP contribution in [0.2, 0.25) is 5.02 Å². The van der Waals surface area contributed by atoms with E-state index < -0.39 is 0 Å². The lowest BCUT2D eigenvalue weighted by Crippen LogP contribution is -1.83. The number of hydrogen-bond acceptors (Lipinski definition) is 1. The number of phenolic OH excluding ortho intramolecular Hbond substituents is 1. The molecule has 0 aliphatic heterocycles. The van der Waals surface area contributed by atoms with Gasteiger partial charge < -0.3 is 5.11 Å². The van der Waals surface area contributed by atoms with Gasteiger partial charge in [0.25, 0.3) is 0 Å². The van der Waals surface area contributed by atoms with Crippen LogP contribution in [-0.4, -0.2) is 5.11 Å². The Balaban J connectivity index is 2.71. The Labute approximate surface area is 90.5 Å². The molecule has 68 valence electrons. The van der Waals surface area contributed by atoms with Crippen LogP contribution in [0.15, 0.2) is 17.2 Å². The van der Waals surface area contributed by atoms with Gasteiger partial charge in [0.05, 0.1) is 10.1 Å². The Morgan fingerprint density at radius 1 is 1.15 bits per heavy atom. The maximum atomic E-state index is 9.60. The van der Waals surface area contributed by atoms with Gasteiger partial charge in [-0.2, -0.15) is 0 Å². The van der Waals surface area contributed by atoms with Crippen LogP contribution in [0.4, 0.5) is 0 Å². The molecule has 0 unspecified atom stereocenters. The Kier molecular flexibility index (Phi) is 2.18. The normalized spacial score (nSPS) is 15.0. The van der Waals surface area contributed by atoms with E-state index in [-0.39, 0.29) is 5.75 Å². The van der Waals surface area contributed by atoms with Crippen molar-refractivity contribution < 1.29 is 5.11 Å². The first-order chi connectivity index (χ1) is 6.11. The van der Waals surface area contributed by atoms with Crippen LogP contribution in [0.25, 0.3) is 5.03 Å². The second-order valence-electron chi connectivity index (χ2n) is 2.83. The summed E-state index contributed by atoms with van der Waals surface area (Å²) in [6, 6.07) is 3.45. The highest BCUT2D eigenvalue weighted by atomic mass is 35.5. The van der Waals surface area contributed by atoms with Gasteiger partial charge in [-0.25, -0.2) is 0 Å². The summed E-state index contributed by atoms with van der Waals surface area (Å²) in [6.45, 7) is 0. The molecule has 1 aromatic carbocycles. The molecule has 2 rings (SSSR count). The number of rotatable bonds is 0. The molecule has 13 heavy (non-hydrogen) atoms. The van der Waals surface area contributed by atoms with Gasteiger partial charge in [-0.05, 0) is 11.6 Å². The zero-order valence-electron chi connectivity index (χ0n) is 6.44. The van der Waals surface area contributed by atoms with Gasteiger partial charge in [0, 0.05) is 17.0 Å². The molecule has 1 aromatic rings. The van der Waals surface area contributed by atoms with Crippen molar-refractivity contribution in [1.82, 2.24) is 0 Å². The fourth-order valence-corrected chi connectivity index (χ4v) is 2.05. The van der Waals surface area contributed by atoms with Crippen LogP contribution < -0.4 is 0 Å². The molecular formula is C9H5Cl3O. The van der Waals surface area contributed by atoms with E-state index in [1.165, 1.54) is 0 Å². The molecule has 1 N–H and O–H groups in total. The number of aromatic hydroxyl groups is 1. The van der Waals surface area contributed by atoms with E-state index in [0.29, 0.717) is 27.1 Å². The largest absolute Gasteiger partial charge is 0.506 e. The van der Waals surface area contributed by atoms with Crippen molar-refractivity contribution in [3.8, 4) is 5.75 Å². The fourth-order valence-electron chi connectivity index (χ4n) is 1.38. The smallest absolute Gasteiger partial charge is 0.143 e. The molecule has 0 saturated heterocycles. The van der Waals surface area contributed by atoms with Gasteiger partial charge >= 0.3 is 0 Å². The predicted molar refractivity (Wildman–Crippen MR) is 55.4 cm³/mol. The second kappa shape index (κ2) is 3.09. The Morgan fingerprint density at radius 2 is 1.85 bits per heavy atom. The molecule has 0 bridgehead atoms. The summed E-state index contributed by atoms with van der Waals surface area (Å²) >= 11 is 17.5. The predicted octanol–water partition coefficient (Wildman–Crippen LogP) is 3.75. The first-order valence-electron chi connectivity index (χ1n) is 3.66. The topological polar surface area (TPSA) is 20.2 Å². The van der Waals surface area contributed by atoms with E-state index >= 15 is 0 Å². The molecule has 0 spiro atoms. The SMILES string of the molecule is Oc1c(Cl)ccc2c1C(Cl)=C(Cl)C2. The van der Waals surface area contributed by atoms with Gasteiger partial charge in [0.15, 0.2) is 0 Å². The van der Waals surface area contributed by atoms with Crippen molar-refractivity contribution in [3.05, 3.63) is 33.3 Å². The fraction of sp³-hybridized carbons (Fsp3) is 0.111. The highest BCUT2D eigenvalue weighted by Crippen LogP contribution is 2.44. The number of fused-ring (bicyclic) bond motifs is 1. The lowest BCUT2D eigenvalue weighted by Gasteiger charge is -2.04. The zero-order chi connectivity index (χ0) is 9.59. The van der Waals surface area contributed by atoms with Crippen molar-refractivity contribution in [2.45, 2.75) is 6.42 Å². The van der Waals surface area contributed by atoms with Gasteiger partial charge in [-0.3, -0.25) is 0 Å². The highest BCUT2D eigenvalue weighted by molar-refractivity contribution is 6.56. The van der Waals surface area contributed by atoms with Gasteiger partial charge in [-0.15, -0.1) is 0 Å². The number of allylic oxidation sites excluding steroid dienone is 1. The first kappa shape index (κ1) is 9.20. The molecular weight excluding hydrogens is 230 g/mol. The second-order valence-corrected chi connectivity index (χ2v) is 4.07. The summed E-state index contributed by atoms with van der Waals surface area (Å²) < 4.78 is 0. The van der Waals surface area contributed by atoms with Crippen LogP contribution in [0, 0.1) is 0 Å². The van der Waals surface area contributed by atoms with Crippen molar-refractivity contribution >= 4 is 39.8 Å². The summed E-state index contributed by atoms with van der Waals surface area (Å²) in [6.07, 6.45) is 0.570. The standard InChI is InChI=1S/C9H5Cl3O/c10-5-2-1-4-3-6(11)8(12)7(4)9(5)13/h1-2,13H,3H2. The molecule has 1 aliphatic carbocycles. The molecule has 0 fully saturated rings. The summed E-state index contributed by atoms with van der Waals surface area (Å²) in [5, 5.41) is 10.8. The molecule has 0 atom stereocenters. The average molecular weight is 235 g/mol. The van der Waals surface area contributed by atoms with Crippen molar-refractivity contribution in [1.29, 1.82) is 0 Å². The summed E-state index contributed by atoms with van der Waals surface area (Å²) in [7, 11) is 0. The van der Waals surface area contributed by atoms with Crippen LogP contribution in [-0.2, 0) is 6.42 Å². The molecule has 4 heteroatoms. The van der Waals surface area contributed by atoms with E-state index in [4.69, 9.17) is 34.8 Å². The lowest BCUT2D eigenvalue weighted by molar-refractivity contribution is 0.474. The number of benzene rings is 1. The molecule has 0 amide bonds. The minimum Gasteiger partial charge on any atom is -0.506 e. The average Bonchev–Trinajstić information content (AvgIpc) is 2.37. The minimum absolute atomic E-state index is 0.0137.